The lowest BCUT2D eigenvalue weighted by Crippen LogP contribution is -2.50. The molecular weight excluding hydrogens is 368 g/mol. The van der Waals surface area contributed by atoms with Gasteiger partial charge >= 0.3 is 0 Å². The number of para-hydroxylation sites is 2. The van der Waals surface area contributed by atoms with Crippen LogP contribution in [0.3, 0.4) is 0 Å². The maximum absolute atomic E-state index is 12.8. The Morgan fingerprint density at radius 1 is 1.00 bits per heavy atom. The first kappa shape index (κ1) is 20.6. The largest absolute Gasteiger partial charge is 0.492 e. The summed E-state index contributed by atoms with van der Waals surface area (Å²) in [6.45, 7) is 10.1. The van der Waals surface area contributed by atoms with Crippen LogP contribution in [0, 0.1) is 13.8 Å². The molecule has 0 aromatic heterocycles. The number of piperazine rings is 1. The third-order valence-electron chi connectivity index (χ3n) is 5.17. The van der Waals surface area contributed by atoms with Gasteiger partial charge in [-0.3, -0.25) is 4.79 Å². The lowest BCUT2D eigenvalue weighted by Gasteiger charge is -2.37. The maximum Gasteiger partial charge on any atom is 0.235 e. The molecule has 1 unspecified atom stereocenters. The Hall–Kier alpha value is -2.14. The van der Waals surface area contributed by atoms with Crippen LogP contribution >= 0.6 is 11.8 Å². The molecule has 0 aliphatic carbocycles. The number of nitrogens with zero attached hydrogens (tertiary/aromatic N) is 2. The van der Waals surface area contributed by atoms with E-state index in [-0.39, 0.29) is 11.2 Å². The molecule has 150 valence electrons. The summed E-state index contributed by atoms with van der Waals surface area (Å²) in [7, 11) is 0. The van der Waals surface area contributed by atoms with Crippen molar-refractivity contribution in [3.05, 3.63) is 59.7 Å². The molecule has 2 aromatic carbocycles. The Labute approximate surface area is 172 Å². The van der Waals surface area contributed by atoms with Crippen LogP contribution in [0.4, 0.5) is 5.69 Å². The summed E-state index contributed by atoms with van der Waals surface area (Å²) in [5.41, 5.74) is 3.55. The van der Waals surface area contributed by atoms with Gasteiger partial charge in [-0.1, -0.05) is 36.4 Å². The number of benzene rings is 2. The molecule has 0 N–H and O–H groups in total. The second-order valence-corrected chi connectivity index (χ2v) is 8.68. The number of ether oxygens (including phenoxy) is 1. The van der Waals surface area contributed by atoms with E-state index in [1.165, 1.54) is 5.69 Å². The number of carbonyl (C=O) groups excluding carboxylic acids is 1. The number of rotatable bonds is 7. The average molecular weight is 399 g/mol. The Bertz CT molecular complexity index is 753. The summed E-state index contributed by atoms with van der Waals surface area (Å²) in [4.78, 5) is 17.1. The highest BCUT2D eigenvalue weighted by Crippen LogP contribution is 2.23. The van der Waals surface area contributed by atoms with Crippen molar-refractivity contribution in [3.8, 4) is 5.75 Å². The second kappa shape index (κ2) is 9.87. The van der Waals surface area contributed by atoms with Crippen LogP contribution in [0.25, 0.3) is 0 Å². The fourth-order valence-corrected chi connectivity index (χ4v) is 4.37. The monoisotopic (exact) mass is 398 g/mol. The van der Waals surface area contributed by atoms with Gasteiger partial charge in [0, 0.05) is 37.6 Å². The highest BCUT2D eigenvalue weighted by molar-refractivity contribution is 8.00. The van der Waals surface area contributed by atoms with E-state index in [0.29, 0.717) is 6.61 Å². The molecular formula is C23H30N2O2S. The Kier molecular flexibility index (Phi) is 7.26. The number of hydrogen-bond donors (Lipinski definition) is 0. The predicted octanol–water partition coefficient (Wildman–Crippen LogP) is 4.15. The van der Waals surface area contributed by atoms with Crippen molar-refractivity contribution in [2.75, 3.05) is 43.4 Å². The molecule has 0 spiro atoms. The minimum Gasteiger partial charge on any atom is -0.492 e. The SMILES string of the molecule is Cc1cccc(C)c1OCCSC(C)C(=O)N1CCN(c2ccccc2)CC1. The molecule has 1 fully saturated rings. The van der Waals surface area contributed by atoms with E-state index in [0.717, 1.165) is 48.8 Å². The van der Waals surface area contributed by atoms with Gasteiger partial charge in [-0.25, -0.2) is 0 Å². The number of carbonyl (C=O) groups is 1. The van der Waals surface area contributed by atoms with E-state index in [2.05, 4.69) is 55.1 Å². The highest BCUT2D eigenvalue weighted by Gasteiger charge is 2.25. The van der Waals surface area contributed by atoms with Gasteiger partial charge in [0.2, 0.25) is 5.91 Å². The van der Waals surface area contributed by atoms with Crippen LogP contribution in [0.1, 0.15) is 18.1 Å². The van der Waals surface area contributed by atoms with Crippen LogP contribution in [-0.2, 0) is 4.79 Å². The van der Waals surface area contributed by atoms with Crippen molar-refractivity contribution in [3.63, 3.8) is 0 Å². The zero-order valence-corrected chi connectivity index (χ0v) is 17.9. The molecule has 1 aliphatic rings. The van der Waals surface area contributed by atoms with E-state index in [1.54, 1.807) is 11.8 Å². The van der Waals surface area contributed by atoms with Gasteiger partial charge in [-0.2, -0.15) is 0 Å². The van der Waals surface area contributed by atoms with Gasteiger partial charge in [0.25, 0.3) is 0 Å². The summed E-state index contributed by atoms with van der Waals surface area (Å²) in [6, 6.07) is 16.6. The quantitative estimate of drug-likeness (QED) is 0.656. The van der Waals surface area contributed by atoms with Crippen molar-refractivity contribution in [1.82, 2.24) is 4.90 Å². The van der Waals surface area contributed by atoms with Gasteiger partial charge in [0.05, 0.1) is 11.9 Å². The summed E-state index contributed by atoms with van der Waals surface area (Å²) in [5, 5.41) is -0.0372. The fourth-order valence-electron chi connectivity index (χ4n) is 3.55. The first-order valence-corrected chi connectivity index (χ1v) is 11.0. The second-order valence-electron chi connectivity index (χ2n) is 7.23. The molecule has 1 amide bonds. The normalized spacial score (nSPS) is 15.4. The molecule has 4 nitrogen and oxygen atoms in total. The zero-order chi connectivity index (χ0) is 19.9. The molecule has 1 aliphatic heterocycles. The standard InChI is InChI=1S/C23H30N2O2S/c1-18-8-7-9-19(2)22(18)27-16-17-28-20(3)23(26)25-14-12-24(13-15-25)21-10-5-4-6-11-21/h4-11,20H,12-17H2,1-3H3. The average Bonchev–Trinajstić information content (AvgIpc) is 2.73. The van der Waals surface area contributed by atoms with E-state index < -0.39 is 0 Å². The summed E-state index contributed by atoms with van der Waals surface area (Å²) in [6.07, 6.45) is 0. The van der Waals surface area contributed by atoms with Gasteiger partial charge in [0.1, 0.15) is 5.75 Å². The Balaban J connectivity index is 1.40. The number of thioether (sulfide) groups is 1. The molecule has 28 heavy (non-hydrogen) atoms. The van der Waals surface area contributed by atoms with Crippen molar-refractivity contribution >= 4 is 23.4 Å². The van der Waals surface area contributed by atoms with E-state index >= 15 is 0 Å². The molecule has 2 aromatic rings. The molecule has 3 rings (SSSR count). The Morgan fingerprint density at radius 3 is 2.29 bits per heavy atom. The predicted molar refractivity (Wildman–Crippen MR) is 119 cm³/mol. The molecule has 1 saturated heterocycles. The third kappa shape index (κ3) is 5.22. The number of hydrogen-bond acceptors (Lipinski definition) is 4. The van der Waals surface area contributed by atoms with Gasteiger partial charge < -0.3 is 14.5 Å². The molecule has 1 heterocycles. The molecule has 5 heteroatoms. The fraction of sp³-hybridized carbons (Fsp3) is 0.435. The molecule has 0 bridgehead atoms. The Morgan fingerprint density at radius 2 is 1.64 bits per heavy atom. The zero-order valence-electron chi connectivity index (χ0n) is 17.1. The topological polar surface area (TPSA) is 32.8 Å². The minimum atomic E-state index is -0.0372. The van der Waals surface area contributed by atoms with E-state index in [4.69, 9.17) is 4.74 Å². The van der Waals surface area contributed by atoms with Crippen LogP contribution in [-0.4, -0.2) is 54.6 Å². The van der Waals surface area contributed by atoms with Gasteiger partial charge in [0.15, 0.2) is 0 Å². The van der Waals surface area contributed by atoms with Crippen molar-refractivity contribution in [2.45, 2.75) is 26.0 Å². The van der Waals surface area contributed by atoms with Crippen LogP contribution < -0.4 is 9.64 Å². The maximum atomic E-state index is 12.8. The first-order chi connectivity index (χ1) is 13.6. The van der Waals surface area contributed by atoms with Crippen molar-refractivity contribution in [1.29, 1.82) is 0 Å². The van der Waals surface area contributed by atoms with E-state index in [9.17, 15) is 4.79 Å². The lowest BCUT2D eigenvalue weighted by atomic mass is 10.1. The lowest BCUT2D eigenvalue weighted by molar-refractivity contribution is -0.130. The minimum absolute atomic E-state index is 0.0372. The summed E-state index contributed by atoms with van der Waals surface area (Å²) >= 11 is 1.68. The number of anilines is 1. The van der Waals surface area contributed by atoms with Crippen LogP contribution in [0.2, 0.25) is 0 Å². The highest BCUT2D eigenvalue weighted by atomic mass is 32.2. The summed E-state index contributed by atoms with van der Waals surface area (Å²) < 4.78 is 5.95. The number of aryl methyl sites for hydroxylation is 2. The van der Waals surface area contributed by atoms with E-state index in [1.807, 2.05) is 24.0 Å². The third-order valence-corrected chi connectivity index (χ3v) is 6.27. The molecule has 0 radical (unpaired) electrons. The first-order valence-electron chi connectivity index (χ1n) is 9.95. The molecule has 1 atom stereocenters. The van der Waals surface area contributed by atoms with Gasteiger partial charge in [-0.05, 0) is 44.0 Å². The van der Waals surface area contributed by atoms with Crippen molar-refractivity contribution in [2.24, 2.45) is 0 Å². The van der Waals surface area contributed by atoms with Crippen LogP contribution in [0.5, 0.6) is 5.75 Å². The van der Waals surface area contributed by atoms with Crippen molar-refractivity contribution < 1.29 is 9.53 Å². The molecule has 0 saturated carbocycles. The number of amides is 1. The van der Waals surface area contributed by atoms with Gasteiger partial charge in [-0.15, -0.1) is 11.8 Å². The van der Waals surface area contributed by atoms with Crippen LogP contribution in [0.15, 0.2) is 48.5 Å². The summed E-state index contributed by atoms with van der Waals surface area (Å²) in [5.74, 6) is 2.02. The smallest absolute Gasteiger partial charge is 0.235 e.